The fourth-order valence-corrected chi connectivity index (χ4v) is 3.69. The van der Waals surface area contributed by atoms with Crippen molar-refractivity contribution in [3.8, 4) is 5.75 Å². The highest BCUT2D eigenvalue weighted by molar-refractivity contribution is 7.84. The zero-order chi connectivity index (χ0) is 19.2. The number of carbonyl (C=O) groups excluding carboxylic acids is 1. The van der Waals surface area contributed by atoms with E-state index in [1.807, 2.05) is 55.5 Å². The summed E-state index contributed by atoms with van der Waals surface area (Å²) in [5.74, 6) is 1.42. The predicted molar refractivity (Wildman–Crippen MR) is 104 cm³/mol. The summed E-state index contributed by atoms with van der Waals surface area (Å²) in [4.78, 5) is 13.0. The maximum Gasteiger partial charge on any atom is 0.287 e. The molecule has 1 unspecified atom stereocenters. The fraction of sp³-hybridized carbons (Fsp3) is 0.190. The average molecular weight is 383 g/mol. The van der Waals surface area contributed by atoms with E-state index < -0.39 is 10.8 Å². The number of nitrogens with one attached hydrogen (secondary N) is 1. The van der Waals surface area contributed by atoms with Crippen LogP contribution in [0.2, 0.25) is 0 Å². The van der Waals surface area contributed by atoms with Gasteiger partial charge in [0.05, 0.1) is 23.7 Å². The standard InChI is InChI=1S/C21H21NO4S/c1-15-4-3-5-19(12-15)27(24)14-18-10-11-20(26-18)21(23)22-13-16-6-8-17(25-2)9-7-16/h3-12H,13-14H2,1-2H3,(H,22,23). The lowest BCUT2D eigenvalue weighted by atomic mass is 10.2. The molecule has 0 saturated carbocycles. The van der Waals surface area contributed by atoms with Crippen molar-refractivity contribution >= 4 is 16.7 Å². The van der Waals surface area contributed by atoms with Crippen molar-refractivity contribution in [2.24, 2.45) is 0 Å². The van der Waals surface area contributed by atoms with Crippen LogP contribution in [0, 0.1) is 6.92 Å². The summed E-state index contributed by atoms with van der Waals surface area (Å²) in [5.41, 5.74) is 2.01. The number of hydrogen-bond donors (Lipinski definition) is 1. The normalized spacial score (nSPS) is 11.8. The van der Waals surface area contributed by atoms with Crippen LogP contribution < -0.4 is 10.1 Å². The zero-order valence-corrected chi connectivity index (χ0v) is 16.0. The highest BCUT2D eigenvalue weighted by Crippen LogP contribution is 2.16. The third kappa shape index (κ3) is 5.08. The summed E-state index contributed by atoms with van der Waals surface area (Å²) in [6.07, 6.45) is 0. The highest BCUT2D eigenvalue weighted by atomic mass is 32.2. The molecule has 0 radical (unpaired) electrons. The number of carbonyl (C=O) groups is 1. The highest BCUT2D eigenvalue weighted by Gasteiger charge is 2.13. The lowest BCUT2D eigenvalue weighted by Gasteiger charge is -2.05. The van der Waals surface area contributed by atoms with Gasteiger partial charge in [-0.2, -0.15) is 0 Å². The van der Waals surface area contributed by atoms with Crippen LogP contribution in [0.5, 0.6) is 5.75 Å². The molecule has 0 aliphatic heterocycles. The molecule has 0 aliphatic rings. The molecule has 2 aromatic carbocycles. The van der Waals surface area contributed by atoms with Gasteiger partial charge < -0.3 is 14.5 Å². The second-order valence-electron chi connectivity index (χ2n) is 6.10. The van der Waals surface area contributed by atoms with Gasteiger partial charge in [0.25, 0.3) is 5.91 Å². The molecule has 3 aromatic rings. The Morgan fingerprint density at radius 2 is 1.89 bits per heavy atom. The maximum absolute atomic E-state index is 12.4. The van der Waals surface area contributed by atoms with Crippen molar-refractivity contribution in [3.63, 3.8) is 0 Å². The number of methoxy groups -OCH3 is 1. The average Bonchev–Trinajstić information content (AvgIpc) is 3.15. The van der Waals surface area contributed by atoms with Gasteiger partial charge in [0, 0.05) is 11.4 Å². The maximum atomic E-state index is 12.4. The van der Waals surface area contributed by atoms with Crippen molar-refractivity contribution in [3.05, 3.63) is 83.3 Å². The molecular weight excluding hydrogens is 362 g/mol. The molecule has 0 spiro atoms. The number of hydrogen-bond acceptors (Lipinski definition) is 4. The van der Waals surface area contributed by atoms with Crippen LogP contribution in [0.3, 0.4) is 0 Å². The van der Waals surface area contributed by atoms with Gasteiger partial charge in [-0.05, 0) is 54.4 Å². The summed E-state index contributed by atoms with van der Waals surface area (Å²) < 4.78 is 23.1. The van der Waals surface area contributed by atoms with Gasteiger partial charge in [-0.1, -0.05) is 24.3 Å². The van der Waals surface area contributed by atoms with E-state index in [9.17, 15) is 9.00 Å². The zero-order valence-electron chi connectivity index (χ0n) is 15.2. The van der Waals surface area contributed by atoms with Crippen LogP contribution in [0.15, 0.2) is 70.0 Å². The van der Waals surface area contributed by atoms with Gasteiger partial charge in [-0.15, -0.1) is 0 Å². The van der Waals surface area contributed by atoms with Crippen molar-refractivity contribution < 1.29 is 18.2 Å². The SMILES string of the molecule is COc1ccc(CNC(=O)c2ccc(CS(=O)c3cccc(C)c3)o2)cc1. The molecule has 27 heavy (non-hydrogen) atoms. The molecule has 6 heteroatoms. The first-order valence-electron chi connectivity index (χ1n) is 8.50. The van der Waals surface area contributed by atoms with E-state index in [1.54, 1.807) is 19.2 Å². The largest absolute Gasteiger partial charge is 0.497 e. The van der Waals surface area contributed by atoms with Gasteiger partial charge in [0.15, 0.2) is 5.76 Å². The quantitative estimate of drug-likeness (QED) is 0.673. The Balaban J connectivity index is 1.57. The van der Waals surface area contributed by atoms with Crippen molar-refractivity contribution in [2.75, 3.05) is 7.11 Å². The van der Waals surface area contributed by atoms with Crippen LogP contribution in [-0.2, 0) is 23.1 Å². The van der Waals surface area contributed by atoms with Crippen molar-refractivity contribution in [1.82, 2.24) is 5.32 Å². The Morgan fingerprint density at radius 3 is 2.59 bits per heavy atom. The second-order valence-corrected chi connectivity index (χ2v) is 7.55. The summed E-state index contributed by atoms with van der Waals surface area (Å²) >= 11 is 0. The Hall–Kier alpha value is -2.86. The Morgan fingerprint density at radius 1 is 1.11 bits per heavy atom. The molecule has 0 bridgehead atoms. The van der Waals surface area contributed by atoms with Gasteiger partial charge in [-0.25, -0.2) is 0 Å². The molecule has 1 atom stereocenters. The van der Waals surface area contributed by atoms with E-state index in [0.29, 0.717) is 12.3 Å². The van der Waals surface area contributed by atoms with Crippen LogP contribution in [0.1, 0.15) is 27.4 Å². The van der Waals surface area contributed by atoms with Crippen LogP contribution in [0.4, 0.5) is 0 Å². The molecule has 1 heterocycles. The second kappa shape index (κ2) is 8.68. The molecule has 1 N–H and O–H groups in total. The van der Waals surface area contributed by atoms with Crippen LogP contribution in [-0.4, -0.2) is 17.2 Å². The summed E-state index contributed by atoms with van der Waals surface area (Å²) in [5, 5.41) is 2.81. The fourth-order valence-electron chi connectivity index (χ4n) is 2.56. The number of furan rings is 1. The number of benzene rings is 2. The third-order valence-electron chi connectivity index (χ3n) is 4.02. The minimum absolute atomic E-state index is 0.208. The first-order chi connectivity index (χ1) is 13.0. The van der Waals surface area contributed by atoms with Crippen LogP contribution >= 0.6 is 0 Å². The van der Waals surface area contributed by atoms with Gasteiger partial charge >= 0.3 is 0 Å². The van der Waals surface area contributed by atoms with Crippen molar-refractivity contribution in [1.29, 1.82) is 0 Å². The lowest BCUT2D eigenvalue weighted by molar-refractivity contribution is 0.0921. The summed E-state index contributed by atoms with van der Waals surface area (Å²) in [6, 6.07) is 18.3. The van der Waals surface area contributed by atoms with Gasteiger partial charge in [0.2, 0.25) is 0 Å². The molecule has 1 amide bonds. The Kier molecular flexibility index (Phi) is 6.08. The molecule has 1 aromatic heterocycles. The molecule has 0 aliphatic carbocycles. The summed E-state index contributed by atoms with van der Waals surface area (Å²) in [7, 11) is 0.390. The van der Waals surface area contributed by atoms with Crippen molar-refractivity contribution in [2.45, 2.75) is 24.1 Å². The Labute approximate surface area is 160 Å². The van der Waals surface area contributed by atoms with E-state index in [0.717, 1.165) is 21.8 Å². The molecule has 0 fully saturated rings. The topological polar surface area (TPSA) is 68.5 Å². The first kappa shape index (κ1) is 18.9. The predicted octanol–water partition coefficient (Wildman–Crippen LogP) is 3.83. The number of rotatable bonds is 7. The smallest absolute Gasteiger partial charge is 0.287 e. The van der Waals surface area contributed by atoms with E-state index >= 15 is 0 Å². The van der Waals surface area contributed by atoms with Gasteiger partial charge in [0.1, 0.15) is 11.5 Å². The minimum Gasteiger partial charge on any atom is -0.497 e. The first-order valence-corrected chi connectivity index (χ1v) is 9.82. The van der Waals surface area contributed by atoms with E-state index in [-0.39, 0.29) is 17.4 Å². The third-order valence-corrected chi connectivity index (χ3v) is 5.35. The molecule has 5 nitrogen and oxygen atoms in total. The lowest BCUT2D eigenvalue weighted by Crippen LogP contribution is -2.22. The molecule has 3 rings (SSSR count). The van der Waals surface area contributed by atoms with Gasteiger partial charge in [-0.3, -0.25) is 9.00 Å². The minimum atomic E-state index is -1.22. The number of ether oxygens (including phenoxy) is 1. The van der Waals surface area contributed by atoms with E-state index in [1.165, 1.54) is 0 Å². The number of amides is 1. The van der Waals surface area contributed by atoms with E-state index in [2.05, 4.69) is 5.32 Å². The molecule has 0 saturated heterocycles. The Bertz CT molecular complexity index is 947. The monoisotopic (exact) mass is 383 g/mol. The molecule has 140 valence electrons. The van der Waals surface area contributed by atoms with Crippen LogP contribution in [0.25, 0.3) is 0 Å². The summed E-state index contributed by atoms with van der Waals surface area (Å²) in [6.45, 7) is 2.34. The number of aryl methyl sites for hydroxylation is 1. The van der Waals surface area contributed by atoms with E-state index in [4.69, 9.17) is 9.15 Å². The molecular formula is C21H21NO4S.